The number of esters is 1. The molecule has 0 saturated carbocycles. The van der Waals surface area contributed by atoms with E-state index in [1.54, 1.807) is 0 Å². The molecule has 1 aliphatic heterocycles. The minimum Gasteiger partial charge on any atom is -0.449 e. The third-order valence-electron chi connectivity index (χ3n) is 6.70. The van der Waals surface area contributed by atoms with Crippen LogP contribution < -0.4 is 5.32 Å². The Morgan fingerprint density at radius 3 is 2.59 bits per heavy atom. The number of aromatic nitrogens is 1. The molecule has 0 fully saturated rings. The van der Waals surface area contributed by atoms with E-state index < -0.39 is 12.1 Å². The van der Waals surface area contributed by atoms with E-state index >= 15 is 0 Å². The zero-order chi connectivity index (χ0) is 24.4. The standard InChI is InChI=1S/C28H33N3O3/c1-6-25(27(32)29-20-12-11-18(4)19(5)15-20)34-28(33)26-21-9-7-8-10-23(21)30-24-13-14-31(17(2)3)16-22(24)26/h7-12,15,17,25H,6,13-14,16H2,1-5H3,(H,29,32). The van der Waals surface area contributed by atoms with E-state index in [9.17, 15) is 9.59 Å². The molecule has 6 nitrogen and oxygen atoms in total. The minimum absolute atomic E-state index is 0.324. The van der Waals surface area contributed by atoms with Crippen molar-refractivity contribution < 1.29 is 14.3 Å². The smallest absolute Gasteiger partial charge is 0.340 e. The Bertz CT molecular complexity index is 1240. The fourth-order valence-electron chi connectivity index (χ4n) is 4.44. The Labute approximate surface area is 201 Å². The number of aryl methyl sites for hydroxylation is 2. The van der Waals surface area contributed by atoms with Gasteiger partial charge >= 0.3 is 5.97 Å². The van der Waals surface area contributed by atoms with Crippen molar-refractivity contribution in [1.82, 2.24) is 9.88 Å². The maximum absolute atomic E-state index is 13.6. The number of nitrogens with one attached hydrogen (secondary N) is 1. The number of hydrogen-bond donors (Lipinski definition) is 1. The Morgan fingerprint density at radius 2 is 1.88 bits per heavy atom. The van der Waals surface area contributed by atoms with E-state index in [2.05, 4.69) is 24.1 Å². The lowest BCUT2D eigenvalue weighted by molar-refractivity contribution is -0.124. The maximum atomic E-state index is 13.6. The molecular formula is C28H33N3O3. The third-order valence-corrected chi connectivity index (χ3v) is 6.70. The SMILES string of the molecule is CCC(OC(=O)c1c2c(nc3ccccc13)CCN(C(C)C)C2)C(=O)Nc1ccc(C)c(C)c1. The quantitative estimate of drug-likeness (QED) is 0.514. The number of ether oxygens (including phenoxy) is 1. The molecule has 3 aromatic rings. The average Bonchev–Trinajstić information content (AvgIpc) is 2.82. The molecule has 6 heteroatoms. The van der Waals surface area contributed by atoms with Gasteiger partial charge in [-0.25, -0.2) is 4.79 Å². The van der Waals surface area contributed by atoms with Gasteiger partial charge in [0.15, 0.2) is 6.10 Å². The van der Waals surface area contributed by atoms with Gasteiger partial charge in [-0.3, -0.25) is 14.7 Å². The number of amides is 1. The minimum atomic E-state index is -0.888. The summed E-state index contributed by atoms with van der Waals surface area (Å²) in [5.74, 6) is -0.794. The average molecular weight is 460 g/mol. The zero-order valence-corrected chi connectivity index (χ0v) is 20.6. The Hall–Kier alpha value is -3.25. The lowest BCUT2D eigenvalue weighted by Crippen LogP contribution is -2.38. The van der Waals surface area contributed by atoms with Crippen LogP contribution in [0.2, 0.25) is 0 Å². The molecule has 1 unspecified atom stereocenters. The van der Waals surface area contributed by atoms with Gasteiger partial charge in [-0.15, -0.1) is 0 Å². The highest BCUT2D eigenvalue weighted by molar-refractivity contribution is 6.06. The number of pyridine rings is 1. The molecule has 0 aliphatic carbocycles. The van der Waals surface area contributed by atoms with Gasteiger partial charge in [-0.05, 0) is 63.4 Å². The number of nitrogens with zero attached hydrogens (tertiary/aromatic N) is 2. The summed E-state index contributed by atoms with van der Waals surface area (Å²) in [5, 5.41) is 3.67. The number of benzene rings is 2. The van der Waals surface area contributed by atoms with Crippen molar-refractivity contribution in [3.63, 3.8) is 0 Å². The molecule has 1 atom stereocenters. The first-order valence-corrected chi connectivity index (χ1v) is 12.0. The van der Waals surface area contributed by atoms with E-state index in [-0.39, 0.29) is 5.91 Å². The van der Waals surface area contributed by atoms with Crippen molar-refractivity contribution in [3.05, 3.63) is 70.4 Å². The van der Waals surface area contributed by atoms with E-state index in [1.807, 2.05) is 63.2 Å². The Balaban J connectivity index is 1.64. The first kappa shape index (κ1) is 23.9. The van der Waals surface area contributed by atoms with E-state index in [0.717, 1.165) is 46.3 Å². The molecule has 0 saturated heterocycles. The monoisotopic (exact) mass is 459 g/mol. The fraction of sp³-hybridized carbons (Fsp3) is 0.393. The third kappa shape index (κ3) is 4.82. The maximum Gasteiger partial charge on any atom is 0.340 e. The van der Waals surface area contributed by atoms with Crippen molar-refractivity contribution in [2.45, 2.75) is 66.2 Å². The molecule has 34 heavy (non-hydrogen) atoms. The lowest BCUT2D eigenvalue weighted by atomic mass is 9.95. The molecule has 1 aliphatic rings. The van der Waals surface area contributed by atoms with Crippen LogP contribution in [-0.4, -0.2) is 40.5 Å². The normalized spacial score (nSPS) is 14.6. The molecule has 1 N–H and O–H groups in total. The van der Waals surface area contributed by atoms with Gasteiger partial charge in [0.1, 0.15) is 0 Å². The molecule has 2 heterocycles. The number of anilines is 1. The predicted molar refractivity (Wildman–Crippen MR) is 135 cm³/mol. The van der Waals surface area contributed by atoms with E-state index in [0.29, 0.717) is 30.3 Å². The number of carbonyl (C=O) groups excluding carboxylic acids is 2. The highest BCUT2D eigenvalue weighted by atomic mass is 16.5. The van der Waals surface area contributed by atoms with Crippen molar-refractivity contribution in [2.24, 2.45) is 0 Å². The highest BCUT2D eigenvalue weighted by Gasteiger charge is 2.30. The second kappa shape index (κ2) is 9.94. The number of carbonyl (C=O) groups is 2. The highest BCUT2D eigenvalue weighted by Crippen LogP contribution is 2.30. The zero-order valence-electron chi connectivity index (χ0n) is 20.6. The number of rotatable bonds is 6. The predicted octanol–water partition coefficient (Wildman–Crippen LogP) is 5.19. The Kier molecular flexibility index (Phi) is 6.98. The van der Waals surface area contributed by atoms with Crippen LogP contribution in [0, 0.1) is 13.8 Å². The van der Waals surface area contributed by atoms with E-state index in [1.165, 1.54) is 0 Å². The van der Waals surface area contributed by atoms with Crippen molar-refractivity contribution in [2.75, 3.05) is 11.9 Å². The summed E-state index contributed by atoms with van der Waals surface area (Å²) in [6.45, 7) is 11.7. The van der Waals surface area contributed by atoms with Gasteiger partial charge in [0.2, 0.25) is 0 Å². The number of fused-ring (bicyclic) bond motifs is 2. The van der Waals surface area contributed by atoms with Gasteiger partial charge in [-0.2, -0.15) is 0 Å². The van der Waals surface area contributed by atoms with Crippen LogP contribution in [0.1, 0.15) is 59.9 Å². The van der Waals surface area contributed by atoms with Gasteiger partial charge in [0.05, 0.1) is 11.1 Å². The molecule has 1 aromatic heterocycles. The van der Waals surface area contributed by atoms with Crippen molar-refractivity contribution in [3.8, 4) is 0 Å². The molecule has 0 radical (unpaired) electrons. The summed E-state index contributed by atoms with van der Waals surface area (Å²) in [6.07, 6.45) is 0.274. The molecule has 0 bridgehead atoms. The summed E-state index contributed by atoms with van der Waals surface area (Å²) in [7, 11) is 0. The topological polar surface area (TPSA) is 71.5 Å². The van der Waals surface area contributed by atoms with Crippen molar-refractivity contribution >= 4 is 28.5 Å². The van der Waals surface area contributed by atoms with Gasteiger partial charge in [-0.1, -0.05) is 31.2 Å². The van der Waals surface area contributed by atoms with Crippen molar-refractivity contribution in [1.29, 1.82) is 0 Å². The van der Waals surface area contributed by atoms with Crippen LogP contribution in [0.25, 0.3) is 10.9 Å². The van der Waals surface area contributed by atoms with Crippen LogP contribution in [0.3, 0.4) is 0 Å². The summed E-state index contributed by atoms with van der Waals surface area (Å²) in [6, 6.07) is 13.8. The van der Waals surface area contributed by atoms with Crippen LogP contribution in [-0.2, 0) is 22.5 Å². The second-order valence-electron chi connectivity index (χ2n) is 9.33. The molecule has 2 aromatic carbocycles. The van der Waals surface area contributed by atoms with Gasteiger partial charge < -0.3 is 10.1 Å². The van der Waals surface area contributed by atoms with Crippen LogP contribution in [0.15, 0.2) is 42.5 Å². The molecule has 1 amide bonds. The molecule has 0 spiro atoms. The summed E-state index contributed by atoms with van der Waals surface area (Å²) < 4.78 is 5.85. The largest absolute Gasteiger partial charge is 0.449 e. The Morgan fingerprint density at radius 1 is 1.12 bits per heavy atom. The molecule has 4 rings (SSSR count). The second-order valence-corrected chi connectivity index (χ2v) is 9.33. The first-order chi connectivity index (χ1) is 16.3. The summed E-state index contributed by atoms with van der Waals surface area (Å²) >= 11 is 0. The molecular weight excluding hydrogens is 426 g/mol. The van der Waals surface area contributed by atoms with E-state index in [4.69, 9.17) is 9.72 Å². The van der Waals surface area contributed by atoms with Crippen LogP contribution >= 0.6 is 0 Å². The number of para-hydroxylation sites is 1. The van der Waals surface area contributed by atoms with Gasteiger partial charge in [0, 0.05) is 47.9 Å². The first-order valence-electron chi connectivity index (χ1n) is 12.0. The van der Waals surface area contributed by atoms with Crippen LogP contribution in [0.4, 0.5) is 5.69 Å². The van der Waals surface area contributed by atoms with Gasteiger partial charge in [0.25, 0.3) is 5.91 Å². The summed E-state index contributed by atoms with van der Waals surface area (Å²) in [5.41, 5.74) is 6.10. The summed E-state index contributed by atoms with van der Waals surface area (Å²) in [4.78, 5) is 33.8. The van der Waals surface area contributed by atoms with Crippen LogP contribution in [0.5, 0.6) is 0 Å². The fourth-order valence-corrected chi connectivity index (χ4v) is 4.44. The number of hydrogen-bond acceptors (Lipinski definition) is 5. The molecule has 178 valence electrons. The lowest BCUT2D eigenvalue weighted by Gasteiger charge is -2.32.